The Morgan fingerprint density at radius 2 is 1.94 bits per heavy atom. The number of carbonyl (C=O) groups excluding carboxylic acids is 1. The lowest BCUT2D eigenvalue weighted by molar-refractivity contribution is 0.104. The molecule has 160 valence electrons. The van der Waals surface area contributed by atoms with Gasteiger partial charge in [-0.2, -0.15) is 0 Å². The first-order valence-corrected chi connectivity index (χ1v) is 11.7. The number of methoxy groups -OCH3 is 1. The van der Waals surface area contributed by atoms with Gasteiger partial charge in [-0.25, -0.2) is 12.8 Å². The number of hydrogen-bond donors (Lipinski definition) is 1. The molecule has 0 bridgehead atoms. The van der Waals surface area contributed by atoms with Crippen molar-refractivity contribution < 1.29 is 22.3 Å². The molecule has 0 spiro atoms. The molecule has 0 amide bonds. The zero-order chi connectivity index (χ0) is 22.2. The fourth-order valence-electron chi connectivity index (χ4n) is 3.15. The van der Waals surface area contributed by atoms with Crippen molar-refractivity contribution in [1.29, 1.82) is 0 Å². The molecule has 2 heterocycles. The summed E-state index contributed by atoms with van der Waals surface area (Å²) in [5.74, 6) is -0.590. The van der Waals surface area contributed by atoms with E-state index < -0.39 is 26.5 Å². The summed E-state index contributed by atoms with van der Waals surface area (Å²) in [7, 11) is -2.72. The SMILES string of the molecule is COc1ccc(Cl)cc1N/C=C1/C(=O)c2sccc2N(Cc2ccc(F)cc2)S1(=O)=O. The van der Waals surface area contributed by atoms with Gasteiger partial charge < -0.3 is 10.1 Å². The summed E-state index contributed by atoms with van der Waals surface area (Å²) in [6, 6.07) is 11.9. The molecule has 0 saturated carbocycles. The van der Waals surface area contributed by atoms with Crippen molar-refractivity contribution in [2.45, 2.75) is 6.54 Å². The van der Waals surface area contributed by atoms with E-state index in [0.717, 1.165) is 21.8 Å². The number of benzene rings is 2. The van der Waals surface area contributed by atoms with E-state index in [2.05, 4.69) is 5.32 Å². The van der Waals surface area contributed by atoms with Gasteiger partial charge in [-0.05, 0) is 47.3 Å². The highest BCUT2D eigenvalue weighted by molar-refractivity contribution is 7.97. The first-order valence-electron chi connectivity index (χ1n) is 9.01. The maximum atomic E-state index is 13.4. The third-order valence-corrected chi connectivity index (χ3v) is 7.57. The zero-order valence-corrected chi connectivity index (χ0v) is 18.5. The van der Waals surface area contributed by atoms with Crippen LogP contribution in [0.15, 0.2) is 65.0 Å². The Bertz CT molecular complexity index is 1290. The second-order valence-corrected chi connectivity index (χ2v) is 9.78. The summed E-state index contributed by atoms with van der Waals surface area (Å²) >= 11 is 7.18. The topological polar surface area (TPSA) is 75.7 Å². The van der Waals surface area contributed by atoms with Crippen molar-refractivity contribution in [3.05, 3.63) is 86.3 Å². The predicted molar refractivity (Wildman–Crippen MR) is 120 cm³/mol. The number of ketones is 1. The average molecular weight is 479 g/mol. The van der Waals surface area contributed by atoms with Crippen LogP contribution in [0.3, 0.4) is 0 Å². The maximum absolute atomic E-state index is 13.4. The number of nitrogens with one attached hydrogen (secondary N) is 1. The Hall–Kier alpha value is -2.88. The van der Waals surface area contributed by atoms with Crippen LogP contribution >= 0.6 is 22.9 Å². The van der Waals surface area contributed by atoms with Crippen LogP contribution in [0.25, 0.3) is 0 Å². The quantitative estimate of drug-likeness (QED) is 0.520. The van der Waals surface area contributed by atoms with E-state index in [9.17, 15) is 17.6 Å². The molecule has 4 rings (SSSR count). The minimum absolute atomic E-state index is 0.0442. The van der Waals surface area contributed by atoms with Crippen LogP contribution in [0, 0.1) is 5.82 Å². The smallest absolute Gasteiger partial charge is 0.270 e. The third-order valence-electron chi connectivity index (χ3n) is 4.67. The number of nitrogens with zero attached hydrogens (tertiary/aromatic N) is 1. The molecule has 0 radical (unpaired) electrons. The van der Waals surface area contributed by atoms with Gasteiger partial charge in [0.15, 0.2) is 4.91 Å². The standard InChI is InChI=1S/C21H16ClFN2O4S2/c1-29-18-7-4-14(22)10-16(18)24-11-19-20(26)21-17(8-9-30-21)25(31(19,27)28)12-13-2-5-15(23)6-3-13/h2-11,24H,12H2,1H3/b19-11-. The Morgan fingerprint density at radius 3 is 2.65 bits per heavy atom. The molecule has 6 nitrogen and oxygen atoms in total. The maximum Gasteiger partial charge on any atom is 0.270 e. The molecule has 1 aliphatic heterocycles. The largest absolute Gasteiger partial charge is 0.495 e. The van der Waals surface area contributed by atoms with Gasteiger partial charge in [-0.3, -0.25) is 9.10 Å². The number of hydrogen-bond acceptors (Lipinski definition) is 6. The number of Topliss-reactive ketones (excluding diaryl/α,β-unsaturated/α-hetero) is 1. The number of halogens is 2. The molecule has 10 heteroatoms. The summed E-state index contributed by atoms with van der Waals surface area (Å²) < 4.78 is 46.4. The molecule has 3 aromatic rings. The van der Waals surface area contributed by atoms with Crippen LogP contribution in [0.4, 0.5) is 15.8 Å². The van der Waals surface area contributed by atoms with E-state index in [1.165, 1.54) is 31.4 Å². The van der Waals surface area contributed by atoms with Gasteiger partial charge in [0.25, 0.3) is 10.0 Å². The molecular weight excluding hydrogens is 463 g/mol. The average Bonchev–Trinajstić information content (AvgIpc) is 3.22. The highest BCUT2D eigenvalue weighted by Gasteiger charge is 2.41. The van der Waals surface area contributed by atoms with Gasteiger partial charge in [-0.15, -0.1) is 11.3 Å². The number of fused-ring (bicyclic) bond motifs is 1. The van der Waals surface area contributed by atoms with Crippen molar-refractivity contribution >= 4 is 50.1 Å². The first kappa shape index (κ1) is 21.4. The summed E-state index contributed by atoms with van der Waals surface area (Å²) in [5.41, 5.74) is 1.30. The van der Waals surface area contributed by atoms with Crippen LogP contribution in [0.2, 0.25) is 5.02 Å². The van der Waals surface area contributed by atoms with E-state index >= 15 is 0 Å². The van der Waals surface area contributed by atoms with E-state index in [-0.39, 0.29) is 6.54 Å². The van der Waals surface area contributed by atoms with E-state index in [1.807, 2.05) is 0 Å². The Balaban J connectivity index is 1.75. The minimum Gasteiger partial charge on any atom is -0.495 e. The predicted octanol–water partition coefficient (Wildman–Crippen LogP) is 5.04. The molecule has 31 heavy (non-hydrogen) atoms. The second kappa shape index (κ2) is 8.33. The highest BCUT2D eigenvalue weighted by Crippen LogP contribution is 2.39. The van der Waals surface area contributed by atoms with Crippen molar-refractivity contribution in [2.24, 2.45) is 0 Å². The van der Waals surface area contributed by atoms with Gasteiger partial charge in [0, 0.05) is 11.2 Å². The van der Waals surface area contributed by atoms with Gasteiger partial charge in [-0.1, -0.05) is 23.7 Å². The van der Waals surface area contributed by atoms with E-state index in [0.29, 0.717) is 32.6 Å². The van der Waals surface area contributed by atoms with Crippen molar-refractivity contribution in [2.75, 3.05) is 16.7 Å². The van der Waals surface area contributed by atoms with E-state index in [1.54, 1.807) is 29.6 Å². The third kappa shape index (κ3) is 4.04. The lowest BCUT2D eigenvalue weighted by atomic mass is 10.2. The normalized spacial score (nSPS) is 16.3. The van der Waals surface area contributed by atoms with Crippen molar-refractivity contribution in [1.82, 2.24) is 0 Å². The van der Waals surface area contributed by atoms with E-state index in [4.69, 9.17) is 16.3 Å². The number of ether oxygens (including phenoxy) is 1. The highest BCUT2D eigenvalue weighted by atomic mass is 35.5. The number of thiophene rings is 1. The molecular formula is C21H16ClFN2O4S2. The molecule has 0 unspecified atom stereocenters. The van der Waals surface area contributed by atoms with Crippen LogP contribution in [0.1, 0.15) is 15.2 Å². The number of anilines is 2. The molecule has 0 fully saturated rings. The number of carbonyl (C=O) groups is 1. The fourth-order valence-corrected chi connectivity index (χ4v) is 5.80. The molecule has 1 aromatic heterocycles. The van der Waals surface area contributed by atoms with Crippen LogP contribution < -0.4 is 14.4 Å². The molecule has 0 aliphatic carbocycles. The fraction of sp³-hybridized carbons (Fsp3) is 0.0952. The van der Waals surface area contributed by atoms with Gasteiger partial charge in [0.1, 0.15) is 16.4 Å². The lowest BCUT2D eigenvalue weighted by Gasteiger charge is -2.29. The Kier molecular flexibility index (Phi) is 5.74. The summed E-state index contributed by atoms with van der Waals surface area (Å²) in [5, 5.41) is 4.91. The Morgan fingerprint density at radius 1 is 1.19 bits per heavy atom. The van der Waals surface area contributed by atoms with Crippen LogP contribution in [-0.2, 0) is 16.6 Å². The van der Waals surface area contributed by atoms with Gasteiger partial charge in [0.2, 0.25) is 5.78 Å². The Labute approximate surface area is 187 Å². The summed E-state index contributed by atoms with van der Waals surface area (Å²) in [6.45, 7) is -0.0442. The summed E-state index contributed by atoms with van der Waals surface area (Å²) in [6.07, 6.45) is 1.15. The molecule has 2 aromatic carbocycles. The molecule has 1 N–H and O–H groups in total. The summed E-state index contributed by atoms with van der Waals surface area (Å²) in [4.78, 5) is 12.9. The lowest BCUT2D eigenvalue weighted by Crippen LogP contribution is -2.38. The number of allylic oxidation sites excluding steroid dienone is 1. The zero-order valence-electron chi connectivity index (χ0n) is 16.1. The number of sulfonamides is 1. The van der Waals surface area contributed by atoms with Gasteiger partial charge >= 0.3 is 0 Å². The van der Waals surface area contributed by atoms with Crippen molar-refractivity contribution in [3.63, 3.8) is 0 Å². The monoisotopic (exact) mass is 478 g/mol. The number of rotatable bonds is 5. The van der Waals surface area contributed by atoms with Gasteiger partial charge in [0.05, 0.1) is 25.0 Å². The van der Waals surface area contributed by atoms with Crippen molar-refractivity contribution in [3.8, 4) is 5.75 Å². The minimum atomic E-state index is -4.18. The second-order valence-electron chi connectivity index (χ2n) is 6.60. The molecule has 0 saturated heterocycles. The molecule has 0 atom stereocenters. The van der Waals surface area contributed by atoms with Crippen LogP contribution in [-0.4, -0.2) is 21.3 Å². The first-order chi connectivity index (χ1) is 14.8. The molecule has 1 aliphatic rings. The van der Waals surface area contributed by atoms with Crippen LogP contribution in [0.5, 0.6) is 5.75 Å².